The van der Waals surface area contributed by atoms with Gasteiger partial charge in [-0.1, -0.05) is 0 Å². The Morgan fingerprint density at radius 1 is 1.38 bits per heavy atom. The van der Waals surface area contributed by atoms with Crippen molar-refractivity contribution in [1.82, 2.24) is 0 Å². The molecule has 0 bridgehead atoms. The SMILES string of the molecule is Cc1cc(F)ccc1NC1CCC1. The fourth-order valence-corrected chi connectivity index (χ4v) is 1.56. The summed E-state index contributed by atoms with van der Waals surface area (Å²) in [7, 11) is 0. The molecule has 0 amide bonds. The summed E-state index contributed by atoms with van der Waals surface area (Å²) in [6, 6.07) is 5.52. The second-order valence-corrected chi connectivity index (χ2v) is 3.73. The molecule has 0 saturated heterocycles. The number of rotatable bonds is 2. The van der Waals surface area contributed by atoms with Gasteiger partial charge in [-0.25, -0.2) is 4.39 Å². The van der Waals surface area contributed by atoms with Crippen molar-refractivity contribution in [3.63, 3.8) is 0 Å². The zero-order valence-electron chi connectivity index (χ0n) is 7.81. The predicted octanol–water partition coefficient (Wildman–Crippen LogP) is 3.10. The summed E-state index contributed by atoms with van der Waals surface area (Å²) in [6.07, 6.45) is 3.81. The van der Waals surface area contributed by atoms with Crippen molar-refractivity contribution in [3.05, 3.63) is 29.6 Å². The molecule has 1 aromatic carbocycles. The summed E-state index contributed by atoms with van der Waals surface area (Å²) in [4.78, 5) is 0. The van der Waals surface area contributed by atoms with Gasteiger partial charge in [0, 0.05) is 11.7 Å². The molecular formula is C11H14FN. The highest BCUT2D eigenvalue weighted by atomic mass is 19.1. The number of benzene rings is 1. The lowest BCUT2D eigenvalue weighted by molar-refractivity contribution is 0.445. The van der Waals surface area contributed by atoms with Gasteiger partial charge in [0.05, 0.1) is 0 Å². The molecule has 13 heavy (non-hydrogen) atoms. The van der Waals surface area contributed by atoms with E-state index in [1.165, 1.54) is 25.3 Å². The van der Waals surface area contributed by atoms with Crippen LogP contribution in [0.15, 0.2) is 18.2 Å². The van der Waals surface area contributed by atoms with Gasteiger partial charge in [0.25, 0.3) is 0 Å². The number of nitrogens with one attached hydrogen (secondary N) is 1. The standard InChI is InChI=1S/C11H14FN/c1-8-7-9(12)5-6-11(8)13-10-3-2-4-10/h5-7,10,13H,2-4H2,1H3. The van der Waals surface area contributed by atoms with E-state index in [0.717, 1.165) is 11.3 Å². The molecular weight excluding hydrogens is 165 g/mol. The third-order valence-electron chi connectivity index (χ3n) is 2.65. The Kier molecular flexibility index (Phi) is 2.21. The van der Waals surface area contributed by atoms with Gasteiger partial charge in [-0.3, -0.25) is 0 Å². The Balaban J connectivity index is 2.10. The van der Waals surface area contributed by atoms with E-state index in [1.807, 2.05) is 13.0 Å². The van der Waals surface area contributed by atoms with Crippen LogP contribution in [-0.4, -0.2) is 6.04 Å². The van der Waals surface area contributed by atoms with Gasteiger partial charge in [0.15, 0.2) is 0 Å². The summed E-state index contributed by atoms with van der Waals surface area (Å²) >= 11 is 0. The average molecular weight is 179 g/mol. The molecule has 0 atom stereocenters. The monoisotopic (exact) mass is 179 g/mol. The molecule has 1 saturated carbocycles. The average Bonchev–Trinajstić information content (AvgIpc) is 1.99. The first-order valence-electron chi connectivity index (χ1n) is 4.78. The van der Waals surface area contributed by atoms with Crippen LogP contribution in [0.3, 0.4) is 0 Å². The minimum Gasteiger partial charge on any atom is -0.382 e. The van der Waals surface area contributed by atoms with E-state index in [1.54, 1.807) is 6.07 Å². The fourth-order valence-electron chi connectivity index (χ4n) is 1.56. The quantitative estimate of drug-likeness (QED) is 0.735. The smallest absolute Gasteiger partial charge is 0.123 e. The maximum Gasteiger partial charge on any atom is 0.123 e. The normalized spacial score (nSPS) is 16.8. The van der Waals surface area contributed by atoms with Crippen molar-refractivity contribution in [1.29, 1.82) is 0 Å². The van der Waals surface area contributed by atoms with Gasteiger partial charge < -0.3 is 5.32 Å². The van der Waals surface area contributed by atoms with Crippen LogP contribution in [0.5, 0.6) is 0 Å². The molecule has 1 aliphatic rings. The van der Waals surface area contributed by atoms with E-state index in [2.05, 4.69) is 5.32 Å². The van der Waals surface area contributed by atoms with E-state index in [9.17, 15) is 4.39 Å². The van der Waals surface area contributed by atoms with Crippen LogP contribution in [0.2, 0.25) is 0 Å². The van der Waals surface area contributed by atoms with Crippen LogP contribution in [0, 0.1) is 12.7 Å². The first-order chi connectivity index (χ1) is 6.25. The first-order valence-corrected chi connectivity index (χ1v) is 4.78. The molecule has 2 rings (SSSR count). The van der Waals surface area contributed by atoms with E-state index in [0.29, 0.717) is 6.04 Å². The topological polar surface area (TPSA) is 12.0 Å². The highest BCUT2D eigenvalue weighted by Crippen LogP contribution is 2.25. The van der Waals surface area contributed by atoms with Crippen molar-refractivity contribution in [3.8, 4) is 0 Å². The minimum absolute atomic E-state index is 0.156. The van der Waals surface area contributed by atoms with Gasteiger partial charge in [0.2, 0.25) is 0 Å². The minimum atomic E-state index is -0.156. The highest BCUT2D eigenvalue weighted by molar-refractivity contribution is 5.51. The molecule has 0 heterocycles. The third kappa shape index (κ3) is 1.82. The zero-order valence-corrected chi connectivity index (χ0v) is 7.81. The molecule has 0 unspecified atom stereocenters. The largest absolute Gasteiger partial charge is 0.382 e. The fraction of sp³-hybridized carbons (Fsp3) is 0.455. The van der Waals surface area contributed by atoms with Crippen molar-refractivity contribution in [2.45, 2.75) is 32.2 Å². The van der Waals surface area contributed by atoms with Gasteiger partial charge in [0.1, 0.15) is 5.82 Å². The Morgan fingerprint density at radius 3 is 2.69 bits per heavy atom. The third-order valence-corrected chi connectivity index (χ3v) is 2.65. The number of aryl methyl sites for hydroxylation is 1. The molecule has 1 nitrogen and oxygen atoms in total. The maximum atomic E-state index is 12.8. The predicted molar refractivity (Wildman–Crippen MR) is 52.4 cm³/mol. The number of hydrogen-bond acceptors (Lipinski definition) is 1. The van der Waals surface area contributed by atoms with Crippen molar-refractivity contribution >= 4 is 5.69 Å². The Bertz CT molecular complexity index is 305. The van der Waals surface area contributed by atoms with Crippen LogP contribution in [0.1, 0.15) is 24.8 Å². The van der Waals surface area contributed by atoms with Crippen LogP contribution in [0.25, 0.3) is 0 Å². The molecule has 1 fully saturated rings. The molecule has 1 aromatic rings. The van der Waals surface area contributed by atoms with Crippen molar-refractivity contribution in [2.24, 2.45) is 0 Å². The van der Waals surface area contributed by atoms with Gasteiger partial charge >= 0.3 is 0 Å². The first kappa shape index (κ1) is 8.54. The molecule has 2 heteroatoms. The Labute approximate surface area is 78.0 Å². The molecule has 0 spiro atoms. The zero-order chi connectivity index (χ0) is 9.26. The second-order valence-electron chi connectivity index (χ2n) is 3.73. The van der Waals surface area contributed by atoms with E-state index in [-0.39, 0.29) is 5.82 Å². The molecule has 0 aromatic heterocycles. The molecule has 0 aliphatic heterocycles. The lowest BCUT2D eigenvalue weighted by Gasteiger charge is -2.28. The van der Waals surface area contributed by atoms with Gasteiger partial charge in [-0.2, -0.15) is 0 Å². The summed E-state index contributed by atoms with van der Waals surface area (Å²) in [5, 5.41) is 3.41. The van der Waals surface area contributed by atoms with E-state index < -0.39 is 0 Å². The summed E-state index contributed by atoms with van der Waals surface area (Å²) in [6.45, 7) is 1.93. The van der Waals surface area contributed by atoms with Crippen LogP contribution >= 0.6 is 0 Å². The van der Waals surface area contributed by atoms with Gasteiger partial charge in [-0.05, 0) is 49.9 Å². The summed E-state index contributed by atoms with van der Waals surface area (Å²) < 4.78 is 12.8. The molecule has 70 valence electrons. The van der Waals surface area contributed by atoms with Crippen molar-refractivity contribution < 1.29 is 4.39 Å². The number of halogens is 1. The van der Waals surface area contributed by atoms with Gasteiger partial charge in [-0.15, -0.1) is 0 Å². The van der Waals surface area contributed by atoms with Crippen LogP contribution in [0.4, 0.5) is 10.1 Å². The van der Waals surface area contributed by atoms with Crippen molar-refractivity contribution in [2.75, 3.05) is 5.32 Å². The lowest BCUT2D eigenvalue weighted by atomic mass is 9.92. The Morgan fingerprint density at radius 2 is 2.15 bits per heavy atom. The lowest BCUT2D eigenvalue weighted by Crippen LogP contribution is -2.27. The molecule has 1 N–H and O–H groups in total. The second kappa shape index (κ2) is 3.36. The maximum absolute atomic E-state index is 12.8. The van der Waals surface area contributed by atoms with E-state index in [4.69, 9.17) is 0 Å². The molecule has 0 radical (unpaired) electrons. The summed E-state index contributed by atoms with van der Waals surface area (Å²) in [5.74, 6) is -0.156. The Hall–Kier alpha value is -1.05. The number of anilines is 1. The highest BCUT2D eigenvalue weighted by Gasteiger charge is 2.17. The van der Waals surface area contributed by atoms with Crippen LogP contribution in [-0.2, 0) is 0 Å². The van der Waals surface area contributed by atoms with Crippen LogP contribution < -0.4 is 5.32 Å². The molecule has 1 aliphatic carbocycles. The number of hydrogen-bond donors (Lipinski definition) is 1. The van der Waals surface area contributed by atoms with E-state index >= 15 is 0 Å². The summed E-state index contributed by atoms with van der Waals surface area (Å²) in [5.41, 5.74) is 2.07.